The van der Waals surface area contributed by atoms with Crippen molar-refractivity contribution in [2.75, 3.05) is 11.6 Å². The van der Waals surface area contributed by atoms with Crippen LogP contribution in [0, 0.1) is 0 Å². The third-order valence-electron chi connectivity index (χ3n) is 3.59. The molecule has 0 aliphatic heterocycles. The van der Waals surface area contributed by atoms with Gasteiger partial charge in [0.05, 0.1) is 15.1 Å². The van der Waals surface area contributed by atoms with Crippen molar-refractivity contribution in [1.82, 2.24) is 4.98 Å². The SMILES string of the molecule is CS(=O)(=O)c1ccc2nc(NC(=O)CCc3ccc(Cl)cc3)sc2c1. The van der Waals surface area contributed by atoms with Gasteiger partial charge in [-0.3, -0.25) is 4.79 Å². The monoisotopic (exact) mass is 394 g/mol. The van der Waals surface area contributed by atoms with Crippen LogP contribution in [0.1, 0.15) is 12.0 Å². The van der Waals surface area contributed by atoms with E-state index >= 15 is 0 Å². The van der Waals surface area contributed by atoms with Gasteiger partial charge in [-0.15, -0.1) is 0 Å². The lowest BCUT2D eigenvalue weighted by molar-refractivity contribution is -0.116. The Labute approximate surface area is 154 Å². The minimum Gasteiger partial charge on any atom is -0.302 e. The van der Waals surface area contributed by atoms with E-state index in [0.717, 1.165) is 16.5 Å². The molecule has 0 saturated heterocycles. The Kier molecular flexibility index (Phi) is 5.08. The Bertz CT molecular complexity index is 1030. The molecule has 2 aromatic carbocycles. The molecular weight excluding hydrogens is 380 g/mol. The van der Waals surface area contributed by atoms with E-state index in [0.29, 0.717) is 28.5 Å². The summed E-state index contributed by atoms with van der Waals surface area (Å²) >= 11 is 7.09. The molecule has 8 heteroatoms. The van der Waals surface area contributed by atoms with Crippen molar-refractivity contribution in [3.8, 4) is 0 Å². The normalized spacial score (nSPS) is 11.6. The molecule has 0 aliphatic carbocycles. The van der Waals surface area contributed by atoms with Gasteiger partial charge in [0.15, 0.2) is 15.0 Å². The van der Waals surface area contributed by atoms with Crippen LogP contribution < -0.4 is 5.32 Å². The van der Waals surface area contributed by atoms with E-state index in [1.807, 2.05) is 12.1 Å². The van der Waals surface area contributed by atoms with Gasteiger partial charge in [-0.1, -0.05) is 35.1 Å². The standard InChI is InChI=1S/C17H15ClN2O3S2/c1-25(22,23)13-7-8-14-15(10-13)24-17(19-14)20-16(21)9-4-11-2-5-12(18)6-3-11/h2-3,5-8,10H,4,9H2,1H3,(H,19,20,21). The zero-order valence-corrected chi connectivity index (χ0v) is 15.7. The van der Waals surface area contributed by atoms with Gasteiger partial charge < -0.3 is 5.32 Å². The highest BCUT2D eigenvalue weighted by atomic mass is 35.5. The first-order chi connectivity index (χ1) is 11.8. The first kappa shape index (κ1) is 17.8. The summed E-state index contributed by atoms with van der Waals surface area (Å²) in [4.78, 5) is 16.6. The van der Waals surface area contributed by atoms with E-state index in [2.05, 4.69) is 10.3 Å². The topological polar surface area (TPSA) is 76.1 Å². The van der Waals surface area contributed by atoms with Gasteiger partial charge in [0, 0.05) is 17.7 Å². The van der Waals surface area contributed by atoms with Crippen molar-refractivity contribution in [1.29, 1.82) is 0 Å². The smallest absolute Gasteiger partial charge is 0.226 e. The molecule has 0 radical (unpaired) electrons. The molecule has 3 rings (SSSR count). The molecule has 3 aromatic rings. The quantitative estimate of drug-likeness (QED) is 0.711. The Hall–Kier alpha value is -1.96. The molecule has 0 unspecified atom stereocenters. The van der Waals surface area contributed by atoms with Gasteiger partial charge in [0.25, 0.3) is 0 Å². The average molecular weight is 395 g/mol. The van der Waals surface area contributed by atoms with Gasteiger partial charge in [-0.25, -0.2) is 13.4 Å². The molecule has 0 saturated carbocycles. The van der Waals surface area contributed by atoms with Crippen molar-refractivity contribution in [3.05, 3.63) is 53.1 Å². The predicted molar refractivity (Wildman–Crippen MR) is 101 cm³/mol. The predicted octanol–water partition coefficient (Wildman–Crippen LogP) is 3.92. The maximum Gasteiger partial charge on any atom is 0.226 e. The number of rotatable bonds is 5. The maximum absolute atomic E-state index is 12.1. The number of nitrogens with zero attached hydrogens (tertiary/aromatic N) is 1. The third kappa shape index (κ3) is 4.56. The molecule has 1 aromatic heterocycles. The second-order valence-electron chi connectivity index (χ2n) is 5.60. The first-order valence-corrected chi connectivity index (χ1v) is 10.5. The lowest BCUT2D eigenvalue weighted by Crippen LogP contribution is -2.11. The van der Waals surface area contributed by atoms with Crippen LogP contribution in [0.4, 0.5) is 5.13 Å². The summed E-state index contributed by atoms with van der Waals surface area (Å²) in [6.45, 7) is 0. The fraction of sp³-hybridized carbons (Fsp3) is 0.176. The van der Waals surface area contributed by atoms with Crippen molar-refractivity contribution < 1.29 is 13.2 Å². The highest BCUT2D eigenvalue weighted by molar-refractivity contribution is 7.90. The number of anilines is 1. The number of sulfone groups is 1. The van der Waals surface area contributed by atoms with Crippen LogP contribution >= 0.6 is 22.9 Å². The third-order valence-corrected chi connectivity index (χ3v) is 5.88. The summed E-state index contributed by atoms with van der Waals surface area (Å²) in [5.41, 5.74) is 1.69. The minimum atomic E-state index is -3.27. The molecule has 0 bridgehead atoms. The van der Waals surface area contributed by atoms with Crippen LogP contribution in [-0.4, -0.2) is 25.6 Å². The van der Waals surface area contributed by atoms with Gasteiger partial charge in [0.1, 0.15) is 0 Å². The highest BCUT2D eigenvalue weighted by Crippen LogP contribution is 2.28. The molecule has 0 atom stereocenters. The van der Waals surface area contributed by atoms with Crippen molar-refractivity contribution >= 4 is 54.0 Å². The molecule has 130 valence electrons. The number of aryl methyl sites for hydroxylation is 1. The highest BCUT2D eigenvalue weighted by Gasteiger charge is 2.12. The van der Waals surface area contributed by atoms with Crippen LogP contribution in [0.25, 0.3) is 10.2 Å². The average Bonchev–Trinajstić information content (AvgIpc) is 2.94. The van der Waals surface area contributed by atoms with Crippen molar-refractivity contribution in [3.63, 3.8) is 0 Å². The van der Waals surface area contributed by atoms with E-state index in [9.17, 15) is 13.2 Å². The summed E-state index contributed by atoms with van der Waals surface area (Å²) in [6, 6.07) is 12.1. The second-order valence-corrected chi connectivity index (χ2v) is 9.08. The lowest BCUT2D eigenvalue weighted by atomic mass is 10.1. The van der Waals surface area contributed by atoms with Crippen LogP contribution in [0.2, 0.25) is 5.02 Å². The van der Waals surface area contributed by atoms with Crippen LogP contribution in [0.5, 0.6) is 0 Å². The summed E-state index contributed by atoms with van der Waals surface area (Å²) in [5, 5.41) is 3.89. The van der Waals surface area contributed by atoms with Crippen LogP contribution in [-0.2, 0) is 21.1 Å². The zero-order valence-electron chi connectivity index (χ0n) is 13.3. The molecular formula is C17H15ClN2O3S2. The van der Waals surface area contributed by atoms with Gasteiger partial charge in [0.2, 0.25) is 5.91 Å². The number of hydrogen-bond donors (Lipinski definition) is 1. The molecule has 1 heterocycles. The summed E-state index contributed by atoms with van der Waals surface area (Å²) in [6.07, 6.45) is 2.09. The number of halogens is 1. The van der Waals surface area contributed by atoms with E-state index in [-0.39, 0.29) is 10.8 Å². The minimum absolute atomic E-state index is 0.141. The van der Waals surface area contributed by atoms with E-state index < -0.39 is 9.84 Å². The van der Waals surface area contributed by atoms with Crippen molar-refractivity contribution in [2.45, 2.75) is 17.7 Å². The van der Waals surface area contributed by atoms with Crippen molar-refractivity contribution in [2.24, 2.45) is 0 Å². The molecule has 0 spiro atoms. The maximum atomic E-state index is 12.1. The summed E-state index contributed by atoms with van der Waals surface area (Å²) < 4.78 is 23.9. The molecule has 5 nitrogen and oxygen atoms in total. The fourth-order valence-electron chi connectivity index (χ4n) is 2.28. The number of nitrogens with one attached hydrogen (secondary N) is 1. The fourth-order valence-corrected chi connectivity index (χ4v) is 4.05. The largest absolute Gasteiger partial charge is 0.302 e. The Balaban J connectivity index is 1.67. The van der Waals surface area contributed by atoms with E-state index in [1.54, 1.807) is 24.3 Å². The number of benzene rings is 2. The Morgan fingerprint density at radius 2 is 1.92 bits per heavy atom. The number of aromatic nitrogens is 1. The lowest BCUT2D eigenvalue weighted by Gasteiger charge is -2.02. The number of fused-ring (bicyclic) bond motifs is 1. The number of hydrogen-bond acceptors (Lipinski definition) is 5. The molecule has 25 heavy (non-hydrogen) atoms. The number of carbonyl (C=O) groups is 1. The molecule has 1 N–H and O–H groups in total. The van der Waals surface area contributed by atoms with E-state index in [4.69, 9.17) is 11.6 Å². The first-order valence-electron chi connectivity index (χ1n) is 7.46. The second kappa shape index (κ2) is 7.11. The Morgan fingerprint density at radius 1 is 1.20 bits per heavy atom. The molecule has 0 aliphatic rings. The van der Waals surface area contributed by atoms with Crippen LogP contribution in [0.3, 0.4) is 0 Å². The van der Waals surface area contributed by atoms with E-state index in [1.165, 1.54) is 17.4 Å². The number of carbonyl (C=O) groups excluding carboxylic acids is 1. The molecule has 0 fully saturated rings. The van der Waals surface area contributed by atoms with Gasteiger partial charge in [-0.05, 0) is 42.3 Å². The Morgan fingerprint density at radius 3 is 2.60 bits per heavy atom. The molecule has 1 amide bonds. The van der Waals surface area contributed by atoms with Gasteiger partial charge >= 0.3 is 0 Å². The summed E-state index contributed by atoms with van der Waals surface area (Å²) in [7, 11) is -3.27. The number of thiazole rings is 1. The summed E-state index contributed by atoms with van der Waals surface area (Å²) in [5.74, 6) is -0.141. The van der Waals surface area contributed by atoms with Gasteiger partial charge in [-0.2, -0.15) is 0 Å². The zero-order chi connectivity index (χ0) is 18.0. The van der Waals surface area contributed by atoms with Crippen LogP contribution in [0.15, 0.2) is 47.4 Å². The number of amides is 1.